The molecule has 0 spiro atoms. The van der Waals surface area contributed by atoms with Crippen molar-refractivity contribution in [3.8, 4) is 10.6 Å². The van der Waals surface area contributed by atoms with Crippen molar-refractivity contribution in [3.05, 3.63) is 29.3 Å². The van der Waals surface area contributed by atoms with Gasteiger partial charge in [-0.2, -0.15) is 21.9 Å². The number of carbonyl (C=O) groups excluding carboxylic acids is 1. The monoisotopic (exact) mass is 337 g/mol. The number of rotatable bonds is 5. The van der Waals surface area contributed by atoms with Crippen molar-refractivity contribution < 1.29 is 9.63 Å². The number of nitrogens with zero attached hydrogens (tertiary/aromatic N) is 5. The molecule has 0 aliphatic heterocycles. The summed E-state index contributed by atoms with van der Waals surface area (Å²) in [5.41, 5.74) is 1.15. The Morgan fingerprint density at radius 1 is 1.55 bits per heavy atom. The fourth-order valence-corrected chi connectivity index (χ4v) is 2.90. The summed E-state index contributed by atoms with van der Waals surface area (Å²) in [5.74, 6) is 0.0157. The lowest BCUT2D eigenvalue weighted by molar-refractivity contribution is -0.112. The van der Waals surface area contributed by atoms with Gasteiger partial charge in [-0.1, -0.05) is 16.5 Å². The normalized spacial score (nSPS) is 12.5. The van der Waals surface area contributed by atoms with Gasteiger partial charge in [-0.3, -0.25) is 9.78 Å². The minimum absolute atomic E-state index is 0.270. The first-order valence-electron chi connectivity index (χ1n) is 6.28. The average molecular weight is 337 g/mol. The van der Waals surface area contributed by atoms with Crippen LogP contribution < -0.4 is 4.80 Å². The second kappa shape index (κ2) is 7.85. The molecule has 0 N–H and O–H groups in total. The van der Waals surface area contributed by atoms with E-state index in [9.17, 15) is 4.79 Å². The molecule has 9 heteroatoms. The Morgan fingerprint density at radius 3 is 3.00 bits per heavy atom. The number of aryl methyl sites for hydroxylation is 1. The highest BCUT2D eigenvalue weighted by molar-refractivity contribution is 7.99. The predicted octanol–water partition coefficient (Wildman–Crippen LogP) is 1.34. The van der Waals surface area contributed by atoms with Crippen molar-refractivity contribution >= 4 is 34.7 Å². The Kier molecular flexibility index (Phi) is 5.84. The maximum atomic E-state index is 12.2. The van der Waals surface area contributed by atoms with Crippen LogP contribution in [0.15, 0.2) is 34.7 Å². The second-order valence-corrected chi connectivity index (χ2v) is 5.95. The molecule has 0 aromatic carbocycles. The van der Waals surface area contributed by atoms with Gasteiger partial charge in [0.1, 0.15) is 12.1 Å². The van der Waals surface area contributed by atoms with Gasteiger partial charge < -0.3 is 4.84 Å². The van der Waals surface area contributed by atoms with Gasteiger partial charge in [0.05, 0.1) is 0 Å². The van der Waals surface area contributed by atoms with E-state index in [0.29, 0.717) is 10.6 Å². The lowest BCUT2D eigenvalue weighted by Crippen LogP contribution is -2.21. The number of thioether (sulfide) groups is 1. The van der Waals surface area contributed by atoms with Crippen LogP contribution >= 0.6 is 23.1 Å². The molecule has 2 rings (SSSR count). The Morgan fingerprint density at radius 2 is 2.36 bits per heavy atom. The minimum atomic E-state index is -0.423. The first kappa shape index (κ1) is 16.4. The van der Waals surface area contributed by atoms with E-state index in [2.05, 4.69) is 25.1 Å². The van der Waals surface area contributed by atoms with Crippen LogP contribution in [0.5, 0.6) is 0 Å². The van der Waals surface area contributed by atoms with Crippen LogP contribution in [0.4, 0.5) is 0 Å². The number of pyridine rings is 1. The summed E-state index contributed by atoms with van der Waals surface area (Å²) >= 11 is 2.79. The van der Waals surface area contributed by atoms with E-state index < -0.39 is 5.91 Å². The molecule has 1 amide bonds. The van der Waals surface area contributed by atoms with Gasteiger partial charge in [0, 0.05) is 30.8 Å². The van der Waals surface area contributed by atoms with Gasteiger partial charge in [0.15, 0.2) is 5.71 Å². The third-order valence-corrected chi connectivity index (χ3v) is 4.15. The van der Waals surface area contributed by atoms with Crippen LogP contribution in [0, 0.1) is 0 Å². The van der Waals surface area contributed by atoms with Crippen LogP contribution in [0.1, 0.15) is 0 Å². The smallest absolute Gasteiger partial charge is 0.298 e. The molecular formula is C13H15N5O2S2. The summed E-state index contributed by atoms with van der Waals surface area (Å²) in [4.78, 5) is 25.5. The highest BCUT2D eigenvalue weighted by Gasteiger charge is 2.12. The zero-order valence-electron chi connectivity index (χ0n) is 12.4. The third kappa shape index (κ3) is 4.01. The minimum Gasteiger partial charge on any atom is -0.399 e. The second-order valence-electron chi connectivity index (χ2n) is 4.13. The molecule has 2 aromatic heterocycles. The molecule has 0 saturated heterocycles. The fraction of sp³-hybridized carbons (Fsp3) is 0.308. The largest absolute Gasteiger partial charge is 0.399 e. The van der Waals surface area contributed by atoms with E-state index >= 15 is 0 Å². The van der Waals surface area contributed by atoms with E-state index in [-0.39, 0.29) is 5.71 Å². The van der Waals surface area contributed by atoms with Crippen molar-refractivity contribution in [2.24, 2.45) is 17.2 Å². The van der Waals surface area contributed by atoms with E-state index in [0.717, 1.165) is 10.6 Å². The highest BCUT2D eigenvalue weighted by atomic mass is 32.2. The summed E-state index contributed by atoms with van der Waals surface area (Å²) in [6, 6.07) is 3.74. The molecule has 0 aliphatic rings. The Balaban J connectivity index is 2.35. The zero-order chi connectivity index (χ0) is 15.9. The van der Waals surface area contributed by atoms with Crippen LogP contribution in [-0.4, -0.2) is 45.5 Å². The number of oxime groups is 1. The lowest BCUT2D eigenvalue weighted by Gasteiger charge is -1.97. The molecule has 116 valence electrons. The maximum Gasteiger partial charge on any atom is 0.298 e. The molecule has 0 radical (unpaired) electrons. The number of carbonyl (C=O) groups is 1. The summed E-state index contributed by atoms with van der Waals surface area (Å²) in [6.45, 7) is 0. The molecule has 0 aliphatic carbocycles. The first-order chi connectivity index (χ1) is 10.7. The van der Waals surface area contributed by atoms with Crippen LogP contribution in [0.2, 0.25) is 0 Å². The molecular weight excluding hydrogens is 322 g/mol. The van der Waals surface area contributed by atoms with Crippen molar-refractivity contribution in [2.45, 2.75) is 0 Å². The van der Waals surface area contributed by atoms with Crippen molar-refractivity contribution in [1.82, 2.24) is 14.8 Å². The summed E-state index contributed by atoms with van der Waals surface area (Å²) in [5, 5.41) is 8.83. The molecule has 0 fully saturated rings. The average Bonchev–Trinajstić information content (AvgIpc) is 2.89. The topological polar surface area (TPSA) is 81.7 Å². The standard InChI is InChI=1S/C13H15N5O2S2/c1-18-13(15-11(19)10(8-21-3)17-20-2)22-12(16-18)9-5-4-6-14-7-9/h4-7H,8H2,1-3H3. The summed E-state index contributed by atoms with van der Waals surface area (Å²) in [6.07, 6.45) is 5.30. The van der Waals surface area contributed by atoms with Gasteiger partial charge in [-0.15, -0.1) is 0 Å². The molecule has 2 aromatic rings. The Hall–Kier alpha value is -2.00. The van der Waals surface area contributed by atoms with E-state index in [1.807, 2.05) is 18.4 Å². The molecule has 0 bridgehead atoms. The number of aromatic nitrogens is 3. The van der Waals surface area contributed by atoms with Crippen LogP contribution in [0.3, 0.4) is 0 Å². The molecule has 0 saturated carbocycles. The van der Waals surface area contributed by atoms with Crippen LogP contribution in [-0.2, 0) is 16.7 Å². The molecule has 2 heterocycles. The molecule has 7 nitrogen and oxygen atoms in total. The molecule has 0 atom stereocenters. The Bertz CT molecular complexity index is 736. The predicted molar refractivity (Wildman–Crippen MR) is 87.7 cm³/mol. The lowest BCUT2D eigenvalue weighted by atomic mass is 10.3. The summed E-state index contributed by atoms with van der Waals surface area (Å²) < 4.78 is 1.56. The third-order valence-electron chi connectivity index (χ3n) is 2.54. The molecule has 0 unspecified atom stereocenters. The zero-order valence-corrected chi connectivity index (χ0v) is 14.0. The highest BCUT2D eigenvalue weighted by Crippen LogP contribution is 2.16. The van der Waals surface area contributed by atoms with Gasteiger partial charge >= 0.3 is 0 Å². The number of amides is 1. The van der Waals surface area contributed by atoms with Gasteiger partial charge in [0.25, 0.3) is 5.91 Å². The quantitative estimate of drug-likeness (QED) is 0.607. The van der Waals surface area contributed by atoms with Gasteiger partial charge in [-0.25, -0.2) is 4.68 Å². The fourth-order valence-electron chi connectivity index (χ4n) is 1.58. The SMILES string of the molecule is CON=C(CSC)C(=O)N=c1sc(-c2cccnc2)nn1C. The van der Waals surface area contributed by atoms with Crippen molar-refractivity contribution in [2.75, 3.05) is 19.1 Å². The van der Waals surface area contributed by atoms with E-state index in [4.69, 9.17) is 0 Å². The van der Waals surface area contributed by atoms with E-state index in [1.54, 1.807) is 24.1 Å². The van der Waals surface area contributed by atoms with Crippen LogP contribution in [0.25, 0.3) is 10.6 Å². The number of hydrogen-bond donors (Lipinski definition) is 0. The first-order valence-corrected chi connectivity index (χ1v) is 8.49. The van der Waals surface area contributed by atoms with Crippen molar-refractivity contribution in [1.29, 1.82) is 0 Å². The van der Waals surface area contributed by atoms with E-state index in [1.165, 1.54) is 30.2 Å². The van der Waals surface area contributed by atoms with Crippen molar-refractivity contribution in [3.63, 3.8) is 0 Å². The Labute approximate surface area is 135 Å². The van der Waals surface area contributed by atoms with Gasteiger partial charge in [-0.05, 0) is 18.4 Å². The molecule has 22 heavy (non-hydrogen) atoms. The summed E-state index contributed by atoms with van der Waals surface area (Å²) in [7, 11) is 3.14. The maximum absolute atomic E-state index is 12.2. The number of hydrogen-bond acceptors (Lipinski definition) is 7. The van der Waals surface area contributed by atoms with Gasteiger partial charge in [0.2, 0.25) is 4.80 Å².